The highest BCUT2D eigenvalue weighted by molar-refractivity contribution is 7.09. The van der Waals surface area contributed by atoms with Crippen LogP contribution in [0.15, 0.2) is 78.2 Å². The third-order valence-electron chi connectivity index (χ3n) is 5.28. The van der Waals surface area contributed by atoms with Crippen LogP contribution in [-0.2, 0) is 25.8 Å². The minimum absolute atomic E-state index is 0.0165. The second-order valence-electron chi connectivity index (χ2n) is 8.00. The van der Waals surface area contributed by atoms with Crippen molar-refractivity contribution in [3.05, 3.63) is 117 Å². The van der Waals surface area contributed by atoms with Crippen LogP contribution in [0.3, 0.4) is 0 Å². The van der Waals surface area contributed by atoms with Gasteiger partial charge in [0, 0.05) is 24.0 Å². The van der Waals surface area contributed by atoms with Gasteiger partial charge in [-0.25, -0.2) is 13.8 Å². The zero-order valence-electron chi connectivity index (χ0n) is 18.7. The van der Waals surface area contributed by atoms with E-state index in [-0.39, 0.29) is 31.0 Å². The predicted molar refractivity (Wildman–Crippen MR) is 127 cm³/mol. The standard InChI is InChI=1S/C26H20F5N3OS/c27-20-9-2-1-7-18(20)14-34(13-17-6-5-8-19(12-17)26(29,30)31)15-24-32-23(16-36-24)25(35)33-22-11-4-3-10-21(22)28/h1-12,16H,13-15H2,(H,33,35). The summed E-state index contributed by atoms with van der Waals surface area (Å²) < 4.78 is 67.7. The molecule has 0 atom stereocenters. The Morgan fingerprint density at radius 1 is 0.889 bits per heavy atom. The van der Waals surface area contributed by atoms with Crippen LogP contribution in [0.1, 0.15) is 32.2 Å². The fourth-order valence-corrected chi connectivity index (χ4v) is 4.38. The molecule has 0 saturated heterocycles. The second kappa shape index (κ2) is 11.0. The first kappa shape index (κ1) is 25.5. The number of halogens is 5. The third kappa shape index (κ3) is 6.52. The fourth-order valence-electron chi connectivity index (χ4n) is 3.57. The summed E-state index contributed by atoms with van der Waals surface area (Å²) in [5, 5.41) is 4.47. The number of amides is 1. The molecule has 10 heteroatoms. The normalized spacial score (nSPS) is 11.6. The summed E-state index contributed by atoms with van der Waals surface area (Å²) in [4.78, 5) is 18.6. The number of thiazole rings is 1. The van der Waals surface area contributed by atoms with Crippen molar-refractivity contribution in [3.8, 4) is 0 Å². The maximum absolute atomic E-state index is 14.3. The van der Waals surface area contributed by atoms with Gasteiger partial charge >= 0.3 is 6.18 Å². The minimum atomic E-state index is -4.48. The van der Waals surface area contributed by atoms with E-state index in [9.17, 15) is 26.7 Å². The molecule has 4 rings (SSSR count). The van der Waals surface area contributed by atoms with Gasteiger partial charge in [0.15, 0.2) is 0 Å². The number of nitrogens with one attached hydrogen (secondary N) is 1. The van der Waals surface area contributed by atoms with Crippen LogP contribution in [0, 0.1) is 11.6 Å². The van der Waals surface area contributed by atoms with E-state index in [0.717, 1.165) is 12.1 Å². The van der Waals surface area contributed by atoms with Crippen LogP contribution in [0.4, 0.5) is 27.6 Å². The van der Waals surface area contributed by atoms with Gasteiger partial charge in [0.25, 0.3) is 5.91 Å². The highest BCUT2D eigenvalue weighted by Crippen LogP contribution is 2.30. The van der Waals surface area contributed by atoms with Crippen molar-refractivity contribution in [3.63, 3.8) is 0 Å². The predicted octanol–water partition coefficient (Wildman–Crippen LogP) is 6.89. The van der Waals surface area contributed by atoms with Gasteiger partial charge in [-0.2, -0.15) is 13.2 Å². The van der Waals surface area contributed by atoms with Gasteiger partial charge in [-0.1, -0.05) is 48.5 Å². The lowest BCUT2D eigenvalue weighted by Crippen LogP contribution is -2.23. The first-order valence-corrected chi connectivity index (χ1v) is 11.7. The lowest BCUT2D eigenvalue weighted by molar-refractivity contribution is -0.137. The Kier molecular flexibility index (Phi) is 7.76. The van der Waals surface area contributed by atoms with E-state index in [0.29, 0.717) is 16.1 Å². The molecule has 1 N–H and O–H groups in total. The van der Waals surface area contributed by atoms with E-state index in [1.807, 2.05) is 0 Å². The number of carbonyl (C=O) groups is 1. The molecule has 1 heterocycles. The first-order chi connectivity index (χ1) is 17.2. The molecule has 3 aromatic carbocycles. The lowest BCUT2D eigenvalue weighted by atomic mass is 10.1. The van der Waals surface area contributed by atoms with Crippen molar-refractivity contribution >= 4 is 22.9 Å². The van der Waals surface area contributed by atoms with E-state index >= 15 is 0 Å². The van der Waals surface area contributed by atoms with Crippen molar-refractivity contribution in [1.82, 2.24) is 9.88 Å². The Balaban J connectivity index is 1.54. The number of para-hydroxylation sites is 1. The van der Waals surface area contributed by atoms with Crippen molar-refractivity contribution in [1.29, 1.82) is 0 Å². The van der Waals surface area contributed by atoms with Gasteiger partial charge in [-0.3, -0.25) is 9.69 Å². The van der Waals surface area contributed by atoms with E-state index < -0.39 is 29.3 Å². The number of benzene rings is 3. The molecule has 186 valence electrons. The van der Waals surface area contributed by atoms with Crippen LogP contribution >= 0.6 is 11.3 Å². The van der Waals surface area contributed by atoms with Crippen molar-refractivity contribution in [2.24, 2.45) is 0 Å². The summed E-state index contributed by atoms with van der Waals surface area (Å²) in [6.07, 6.45) is -4.48. The summed E-state index contributed by atoms with van der Waals surface area (Å²) in [6, 6.07) is 16.8. The molecule has 0 aliphatic heterocycles. The molecule has 0 aliphatic carbocycles. The molecule has 0 unspecified atom stereocenters. The molecule has 0 spiro atoms. The third-order valence-corrected chi connectivity index (χ3v) is 6.11. The highest BCUT2D eigenvalue weighted by atomic mass is 32.1. The van der Waals surface area contributed by atoms with Crippen molar-refractivity contribution in [2.75, 3.05) is 5.32 Å². The lowest BCUT2D eigenvalue weighted by Gasteiger charge is -2.22. The molecule has 36 heavy (non-hydrogen) atoms. The number of hydrogen-bond acceptors (Lipinski definition) is 4. The Labute approximate surface area is 208 Å². The summed E-state index contributed by atoms with van der Waals surface area (Å²) in [6.45, 7) is 0.357. The number of carbonyl (C=O) groups excluding carboxylic acids is 1. The maximum Gasteiger partial charge on any atom is 0.416 e. The number of rotatable bonds is 8. The smallest absolute Gasteiger partial charge is 0.318 e. The zero-order chi connectivity index (χ0) is 25.7. The second-order valence-corrected chi connectivity index (χ2v) is 8.94. The molecule has 0 saturated carbocycles. The number of nitrogens with zero attached hydrogens (tertiary/aromatic N) is 2. The molecule has 0 fully saturated rings. The summed E-state index contributed by atoms with van der Waals surface area (Å²) >= 11 is 1.17. The van der Waals surface area contributed by atoms with Gasteiger partial charge in [0.2, 0.25) is 0 Å². The quantitative estimate of drug-likeness (QED) is 0.259. The Hall–Kier alpha value is -3.63. The minimum Gasteiger partial charge on any atom is -0.318 e. The SMILES string of the molecule is O=C(Nc1ccccc1F)c1csc(CN(Cc2cccc(C(F)(F)F)c2)Cc2ccccc2F)n1. The first-order valence-electron chi connectivity index (χ1n) is 10.8. The summed E-state index contributed by atoms with van der Waals surface area (Å²) in [5.41, 5.74) is 0.0897. The number of hydrogen-bond donors (Lipinski definition) is 1. The average Bonchev–Trinajstić information content (AvgIpc) is 3.30. The monoisotopic (exact) mass is 517 g/mol. The van der Waals surface area contributed by atoms with Gasteiger partial charge in [0.05, 0.1) is 17.8 Å². The average molecular weight is 518 g/mol. The van der Waals surface area contributed by atoms with Crippen molar-refractivity contribution in [2.45, 2.75) is 25.8 Å². The highest BCUT2D eigenvalue weighted by Gasteiger charge is 2.30. The Morgan fingerprint density at radius 2 is 1.61 bits per heavy atom. The van der Waals surface area contributed by atoms with E-state index in [1.54, 1.807) is 35.2 Å². The van der Waals surface area contributed by atoms with Crippen molar-refractivity contribution < 1.29 is 26.7 Å². The molecule has 0 bridgehead atoms. The molecular formula is C26H20F5N3OS. The molecule has 0 radical (unpaired) electrons. The molecule has 4 aromatic rings. The molecular weight excluding hydrogens is 497 g/mol. The zero-order valence-corrected chi connectivity index (χ0v) is 19.5. The van der Waals surface area contributed by atoms with Crippen LogP contribution in [-0.4, -0.2) is 15.8 Å². The molecule has 4 nitrogen and oxygen atoms in total. The van der Waals surface area contributed by atoms with Crippen LogP contribution < -0.4 is 5.32 Å². The molecule has 0 aliphatic rings. The van der Waals surface area contributed by atoms with E-state index in [4.69, 9.17) is 0 Å². The van der Waals surface area contributed by atoms with Gasteiger partial charge in [0.1, 0.15) is 22.3 Å². The van der Waals surface area contributed by atoms with Gasteiger partial charge < -0.3 is 5.32 Å². The van der Waals surface area contributed by atoms with Crippen LogP contribution in [0.25, 0.3) is 0 Å². The van der Waals surface area contributed by atoms with E-state index in [1.165, 1.54) is 47.0 Å². The number of alkyl halides is 3. The van der Waals surface area contributed by atoms with E-state index in [2.05, 4.69) is 10.3 Å². The fraction of sp³-hybridized carbons (Fsp3) is 0.154. The Morgan fingerprint density at radius 3 is 2.33 bits per heavy atom. The van der Waals surface area contributed by atoms with Gasteiger partial charge in [-0.05, 0) is 29.8 Å². The van der Waals surface area contributed by atoms with Crippen LogP contribution in [0.5, 0.6) is 0 Å². The maximum atomic E-state index is 14.3. The van der Waals surface area contributed by atoms with Gasteiger partial charge in [-0.15, -0.1) is 11.3 Å². The number of aromatic nitrogens is 1. The topological polar surface area (TPSA) is 45.2 Å². The van der Waals surface area contributed by atoms with Crippen LogP contribution in [0.2, 0.25) is 0 Å². The molecule has 1 amide bonds. The summed E-state index contributed by atoms with van der Waals surface area (Å²) in [7, 11) is 0. The largest absolute Gasteiger partial charge is 0.416 e. The summed E-state index contributed by atoms with van der Waals surface area (Å²) in [5.74, 6) is -1.62. The molecule has 1 aromatic heterocycles. The number of anilines is 1. The Bertz CT molecular complexity index is 1360.